The molecule has 8 heteroatoms. The zero-order valence-electron chi connectivity index (χ0n) is 20.5. The Morgan fingerprint density at radius 3 is 2.37 bits per heavy atom. The smallest absolute Gasteiger partial charge is 0.243 e. The minimum atomic E-state index is -3.56. The molecular weight excluding hydrogens is 464 g/mol. The van der Waals surface area contributed by atoms with Crippen LogP contribution in [0, 0.1) is 5.92 Å². The van der Waals surface area contributed by atoms with Gasteiger partial charge in [-0.2, -0.15) is 4.31 Å². The third kappa shape index (κ3) is 4.91. The van der Waals surface area contributed by atoms with E-state index in [1.165, 1.54) is 16.3 Å². The predicted molar refractivity (Wildman–Crippen MR) is 133 cm³/mol. The number of nitrogens with one attached hydrogen (secondary N) is 1. The number of nitrogens with zero attached hydrogens (tertiary/aromatic N) is 1. The molecule has 0 saturated carbocycles. The molecule has 2 aromatic rings. The molecule has 0 unspecified atom stereocenters. The second-order valence-electron chi connectivity index (χ2n) is 10.3. The maximum atomic E-state index is 13.3. The Morgan fingerprint density at radius 2 is 1.63 bits per heavy atom. The Kier molecular flexibility index (Phi) is 6.53. The Balaban J connectivity index is 1.22. The van der Waals surface area contributed by atoms with Crippen LogP contribution in [-0.2, 0) is 33.2 Å². The highest BCUT2D eigenvalue weighted by atomic mass is 32.2. The highest BCUT2D eigenvalue weighted by Crippen LogP contribution is 2.35. The average Bonchev–Trinajstić information content (AvgIpc) is 2.88. The first kappa shape index (κ1) is 24.1. The van der Waals surface area contributed by atoms with E-state index in [0.29, 0.717) is 49.8 Å². The summed E-state index contributed by atoms with van der Waals surface area (Å²) in [7, 11) is -3.56. The Labute approximate surface area is 207 Å². The molecule has 1 aliphatic carbocycles. The summed E-state index contributed by atoms with van der Waals surface area (Å²) >= 11 is 0. The monoisotopic (exact) mass is 498 g/mol. The van der Waals surface area contributed by atoms with E-state index in [-0.39, 0.29) is 11.8 Å². The van der Waals surface area contributed by atoms with E-state index < -0.39 is 15.6 Å². The number of ether oxygens (including phenoxy) is 2. The summed E-state index contributed by atoms with van der Waals surface area (Å²) in [5.41, 5.74) is 2.76. The lowest BCUT2D eigenvalue weighted by molar-refractivity contribution is -0.127. The summed E-state index contributed by atoms with van der Waals surface area (Å²) < 4.78 is 39.4. The van der Waals surface area contributed by atoms with Crippen molar-refractivity contribution in [2.75, 3.05) is 26.3 Å². The summed E-state index contributed by atoms with van der Waals surface area (Å²) in [6, 6.07) is 11.3. The first-order valence-corrected chi connectivity index (χ1v) is 14.0. The van der Waals surface area contributed by atoms with Crippen LogP contribution in [-0.4, -0.2) is 44.9 Å². The van der Waals surface area contributed by atoms with Crippen molar-refractivity contribution in [2.45, 2.75) is 62.8 Å². The number of carbonyl (C=O) groups excluding carboxylic acids is 1. The molecule has 2 heterocycles. The topological polar surface area (TPSA) is 84.9 Å². The van der Waals surface area contributed by atoms with E-state index in [1.54, 1.807) is 6.07 Å². The Morgan fingerprint density at radius 1 is 0.943 bits per heavy atom. The van der Waals surface area contributed by atoms with E-state index in [4.69, 9.17) is 9.47 Å². The van der Waals surface area contributed by atoms with Crippen LogP contribution < -0.4 is 14.8 Å². The van der Waals surface area contributed by atoms with Crippen LogP contribution >= 0.6 is 0 Å². The Hall–Kier alpha value is -2.58. The molecule has 1 amide bonds. The standard InChI is InChI=1S/C27H34N2O5S/c1-27(2,22-8-10-24-25(18-22)34-16-15-33-24)28-26(30)20-11-13-29(14-12-20)35(31,32)23-9-7-19-5-3-4-6-21(19)17-23/h7-10,17-18,20H,3-6,11-16H2,1-2H3,(H,28,30). The third-order valence-electron chi connectivity index (χ3n) is 7.48. The number of fused-ring (bicyclic) bond motifs is 2. The molecule has 3 aliphatic rings. The van der Waals surface area contributed by atoms with Crippen LogP contribution in [0.3, 0.4) is 0 Å². The number of aryl methyl sites for hydroxylation is 2. The highest BCUT2D eigenvalue weighted by Gasteiger charge is 2.35. The van der Waals surface area contributed by atoms with Crippen LogP contribution in [0.15, 0.2) is 41.3 Å². The number of hydrogen-bond donors (Lipinski definition) is 1. The van der Waals surface area contributed by atoms with Crippen LogP contribution in [0.2, 0.25) is 0 Å². The fourth-order valence-corrected chi connectivity index (χ4v) is 6.81. The normalized spacial score (nSPS) is 19.1. The lowest BCUT2D eigenvalue weighted by Gasteiger charge is -2.34. The van der Waals surface area contributed by atoms with Gasteiger partial charge in [-0.1, -0.05) is 12.1 Å². The third-order valence-corrected chi connectivity index (χ3v) is 9.38. The van der Waals surface area contributed by atoms with Gasteiger partial charge in [0.2, 0.25) is 15.9 Å². The summed E-state index contributed by atoms with van der Waals surface area (Å²) in [4.78, 5) is 13.5. The molecule has 188 valence electrons. The number of carbonyl (C=O) groups is 1. The molecule has 1 N–H and O–H groups in total. The number of rotatable bonds is 5. The van der Waals surface area contributed by atoms with Gasteiger partial charge >= 0.3 is 0 Å². The molecule has 1 saturated heterocycles. The molecule has 0 bridgehead atoms. The van der Waals surface area contributed by atoms with Gasteiger partial charge in [0, 0.05) is 19.0 Å². The van der Waals surface area contributed by atoms with Crippen molar-refractivity contribution < 1.29 is 22.7 Å². The van der Waals surface area contributed by atoms with Gasteiger partial charge in [0.05, 0.1) is 10.4 Å². The molecule has 1 fully saturated rings. The summed E-state index contributed by atoms with van der Waals surface area (Å²) in [5, 5.41) is 3.17. The van der Waals surface area contributed by atoms with Gasteiger partial charge in [-0.25, -0.2) is 8.42 Å². The lowest BCUT2D eigenvalue weighted by Crippen LogP contribution is -2.47. The molecule has 0 spiro atoms. The maximum absolute atomic E-state index is 13.3. The van der Waals surface area contributed by atoms with Crippen molar-refractivity contribution in [3.8, 4) is 11.5 Å². The van der Waals surface area contributed by atoms with Gasteiger partial charge in [-0.15, -0.1) is 0 Å². The van der Waals surface area contributed by atoms with E-state index in [9.17, 15) is 13.2 Å². The van der Waals surface area contributed by atoms with E-state index in [0.717, 1.165) is 36.1 Å². The number of amides is 1. The number of sulfonamides is 1. The summed E-state index contributed by atoms with van der Waals surface area (Å²) in [6.45, 7) is 5.67. The first-order valence-electron chi connectivity index (χ1n) is 12.6. The summed E-state index contributed by atoms with van der Waals surface area (Å²) in [5.74, 6) is 1.14. The molecule has 2 aromatic carbocycles. The van der Waals surface area contributed by atoms with E-state index >= 15 is 0 Å². The molecule has 35 heavy (non-hydrogen) atoms. The van der Waals surface area contributed by atoms with Gasteiger partial charge in [0.1, 0.15) is 13.2 Å². The molecule has 0 atom stereocenters. The molecule has 5 rings (SSSR count). The SMILES string of the molecule is CC(C)(NC(=O)C1CCN(S(=O)(=O)c2ccc3c(c2)CCCC3)CC1)c1ccc2c(c1)OCCO2. The van der Waals surface area contributed by atoms with Crippen LogP contribution in [0.25, 0.3) is 0 Å². The largest absolute Gasteiger partial charge is 0.486 e. The molecule has 2 aliphatic heterocycles. The van der Waals surface area contributed by atoms with Crippen molar-refractivity contribution in [1.29, 1.82) is 0 Å². The van der Waals surface area contributed by atoms with Crippen LogP contribution in [0.4, 0.5) is 0 Å². The second kappa shape index (κ2) is 9.47. The second-order valence-corrected chi connectivity index (χ2v) is 12.2. The minimum absolute atomic E-state index is 0.0456. The molecule has 7 nitrogen and oxygen atoms in total. The zero-order valence-corrected chi connectivity index (χ0v) is 21.3. The van der Waals surface area contributed by atoms with E-state index in [1.807, 2.05) is 44.2 Å². The summed E-state index contributed by atoms with van der Waals surface area (Å²) in [6.07, 6.45) is 5.26. The van der Waals surface area contributed by atoms with Gasteiger partial charge < -0.3 is 14.8 Å². The van der Waals surface area contributed by atoms with Crippen LogP contribution in [0.5, 0.6) is 11.5 Å². The first-order chi connectivity index (χ1) is 16.7. The van der Waals surface area contributed by atoms with Crippen molar-refractivity contribution in [3.05, 3.63) is 53.1 Å². The quantitative estimate of drug-likeness (QED) is 0.678. The van der Waals surface area contributed by atoms with Gasteiger partial charge in [0.25, 0.3) is 0 Å². The van der Waals surface area contributed by atoms with Crippen LogP contribution in [0.1, 0.15) is 56.2 Å². The van der Waals surface area contributed by atoms with Crippen molar-refractivity contribution >= 4 is 15.9 Å². The van der Waals surface area contributed by atoms with E-state index in [2.05, 4.69) is 5.32 Å². The highest BCUT2D eigenvalue weighted by molar-refractivity contribution is 7.89. The molecular formula is C27H34N2O5S. The number of benzene rings is 2. The molecule has 0 radical (unpaired) electrons. The fourth-order valence-electron chi connectivity index (χ4n) is 5.29. The maximum Gasteiger partial charge on any atom is 0.243 e. The zero-order chi connectivity index (χ0) is 24.6. The Bertz CT molecular complexity index is 1220. The van der Waals surface area contributed by atoms with Gasteiger partial charge in [0.15, 0.2) is 11.5 Å². The number of hydrogen-bond acceptors (Lipinski definition) is 5. The fraction of sp³-hybridized carbons (Fsp3) is 0.519. The van der Waals surface area contributed by atoms with Crippen molar-refractivity contribution in [3.63, 3.8) is 0 Å². The average molecular weight is 499 g/mol. The van der Waals surface area contributed by atoms with Gasteiger partial charge in [-0.3, -0.25) is 4.79 Å². The van der Waals surface area contributed by atoms with Crippen molar-refractivity contribution in [2.24, 2.45) is 5.92 Å². The minimum Gasteiger partial charge on any atom is -0.486 e. The van der Waals surface area contributed by atoms with Crippen molar-refractivity contribution in [1.82, 2.24) is 9.62 Å². The predicted octanol–water partition coefficient (Wildman–Crippen LogP) is 3.79. The van der Waals surface area contributed by atoms with Gasteiger partial charge in [-0.05, 0) is 93.3 Å². The molecule has 0 aromatic heterocycles. The lowest BCUT2D eigenvalue weighted by atomic mass is 9.91. The number of piperidine rings is 1.